The molecule has 4 rings (SSSR count). The second-order valence-electron chi connectivity index (χ2n) is 6.86. The second kappa shape index (κ2) is 9.69. The van der Waals surface area contributed by atoms with E-state index in [1.165, 1.54) is 16.3 Å². The maximum absolute atomic E-state index is 13.3. The highest BCUT2D eigenvalue weighted by Gasteiger charge is 2.15. The quantitative estimate of drug-likeness (QED) is 0.336. The number of benzene rings is 3. The Labute approximate surface area is 193 Å². The summed E-state index contributed by atoms with van der Waals surface area (Å²) in [4.78, 5) is 30.5. The van der Waals surface area contributed by atoms with Crippen LogP contribution in [0.1, 0.15) is 15.9 Å². The van der Waals surface area contributed by atoms with E-state index in [0.717, 1.165) is 5.56 Å². The molecule has 0 aliphatic rings. The highest BCUT2D eigenvalue weighted by atomic mass is 35.5. The lowest BCUT2D eigenvalue weighted by atomic mass is 10.1. The molecule has 0 saturated heterocycles. The summed E-state index contributed by atoms with van der Waals surface area (Å²) in [6, 6.07) is 23.3. The van der Waals surface area contributed by atoms with Gasteiger partial charge in [0.15, 0.2) is 5.16 Å². The van der Waals surface area contributed by atoms with Crippen LogP contribution in [-0.2, 0) is 6.54 Å². The fraction of sp³-hybridized carbons (Fsp3) is 0.0833. The molecular weight excluding hydrogens is 444 g/mol. The van der Waals surface area contributed by atoms with Crippen molar-refractivity contribution in [2.45, 2.75) is 11.7 Å². The first kappa shape index (κ1) is 21.6. The zero-order chi connectivity index (χ0) is 22.5. The number of nitrogens with zero attached hydrogens (tertiary/aromatic N) is 3. The molecule has 6 nitrogen and oxygen atoms in total. The van der Waals surface area contributed by atoms with E-state index in [9.17, 15) is 9.59 Å². The number of amides is 1. The topological polar surface area (TPSA) is 87.8 Å². The maximum Gasteiger partial charge on any atom is 0.266 e. The van der Waals surface area contributed by atoms with Crippen molar-refractivity contribution < 1.29 is 4.79 Å². The van der Waals surface area contributed by atoms with Gasteiger partial charge in [0.2, 0.25) is 0 Å². The average Bonchev–Trinajstić information content (AvgIpc) is 2.81. The molecule has 8 heteroatoms. The number of carbonyl (C=O) groups is 1. The monoisotopic (exact) mass is 460 g/mol. The van der Waals surface area contributed by atoms with Crippen LogP contribution in [0.3, 0.4) is 0 Å². The zero-order valence-electron chi connectivity index (χ0n) is 16.8. The number of nitriles is 1. The van der Waals surface area contributed by atoms with Crippen LogP contribution in [0.15, 0.2) is 82.7 Å². The van der Waals surface area contributed by atoms with Crippen molar-refractivity contribution in [3.8, 4) is 11.8 Å². The van der Waals surface area contributed by atoms with Gasteiger partial charge in [-0.3, -0.25) is 14.2 Å². The van der Waals surface area contributed by atoms with E-state index in [1.807, 2.05) is 42.5 Å². The van der Waals surface area contributed by atoms with Crippen LogP contribution in [-0.4, -0.2) is 21.2 Å². The SMILES string of the molecule is N#CCSc1nc2cc(C(=O)NCc3cccc(Cl)c3)ccc2c(=O)n1-c1ccccc1. The molecule has 0 atom stereocenters. The van der Waals surface area contributed by atoms with Crippen molar-refractivity contribution >= 4 is 40.2 Å². The Bertz CT molecular complexity index is 1400. The van der Waals surface area contributed by atoms with Crippen LogP contribution < -0.4 is 10.9 Å². The predicted octanol–water partition coefficient (Wildman–Crippen LogP) is 4.58. The first-order valence-corrected chi connectivity index (χ1v) is 11.1. The van der Waals surface area contributed by atoms with Crippen LogP contribution in [0.4, 0.5) is 0 Å². The van der Waals surface area contributed by atoms with E-state index in [0.29, 0.717) is 38.9 Å². The molecule has 1 amide bonds. The number of hydrogen-bond acceptors (Lipinski definition) is 5. The number of para-hydroxylation sites is 1. The van der Waals surface area contributed by atoms with Gasteiger partial charge in [0.25, 0.3) is 11.5 Å². The number of rotatable bonds is 6. The molecule has 3 aromatic carbocycles. The van der Waals surface area contributed by atoms with E-state index in [-0.39, 0.29) is 17.2 Å². The smallest absolute Gasteiger partial charge is 0.266 e. The van der Waals surface area contributed by atoms with E-state index in [4.69, 9.17) is 16.9 Å². The molecule has 1 N–H and O–H groups in total. The van der Waals surface area contributed by atoms with Gasteiger partial charge in [-0.1, -0.05) is 53.7 Å². The maximum atomic E-state index is 13.3. The minimum absolute atomic E-state index is 0.143. The van der Waals surface area contributed by atoms with Crippen LogP contribution in [0.25, 0.3) is 16.6 Å². The summed E-state index contributed by atoms with van der Waals surface area (Å²) in [5.74, 6) is -0.142. The Morgan fingerprint density at radius 3 is 2.66 bits per heavy atom. The highest BCUT2D eigenvalue weighted by molar-refractivity contribution is 7.99. The standard InChI is InChI=1S/C24H17ClN4O2S/c25-18-6-4-5-16(13-18)15-27-22(30)17-9-10-20-21(14-17)28-24(32-12-11-26)29(23(20)31)19-7-2-1-3-8-19/h1-10,13-14H,12,15H2,(H,27,30). The second-order valence-corrected chi connectivity index (χ2v) is 8.24. The number of fused-ring (bicyclic) bond motifs is 1. The van der Waals surface area contributed by atoms with Crippen molar-refractivity contribution in [3.63, 3.8) is 0 Å². The number of nitrogens with one attached hydrogen (secondary N) is 1. The lowest BCUT2D eigenvalue weighted by molar-refractivity contribution is 0.0951. The van der Waals surface area contributed by atoms with E-state index < -0.39 is 0 Å². The highest BCUT2D eigenvalue weighted by Crippen LogP contribution is 2.22. The molecule has 0 saturated carbocycles. The Balaban J connectivity index is 1.70. The van der Waals surface area contributed by atoms with Crippen molar-refractivity contribution in [2.24, 2.45) is 0 Å². The van der Waals surface area contributed by atoms with Gasteiger partial charge < -0.3 is 5.32 Å². The summed E-state index contributed by atoms with van der Waals surface area (Å²) in [6.45, 7) is 0.323. The van der Waals surface area contributed by atoms with Crippen molar-refractivity contribution in [2.75, 3.05) is 5.75 Å². The minimum Gasteiger partial charge on any atom is -0.348 e. The third-order valence-electron chi connectivity index (χ3n) is 4.72. The first-order valence-electron chi connectivity index (χ1n) is 9.71. The summed E-state index contributed by atoms with van der Waals surface area (Å²) in [5.41, 5.74) is 2.08. The summed E-state index contributed by atoms with van der Waals surface area (Å²) < 4.78 is 1.49. The van der Waals surface area contributed by atoms with Crippen LogP contribution in [0.2, 0.25) is 5.02 Å². The van der Waals surface area contributed by atoms with Gasteiger partial charge in [-0.05, 0) is 48.0 Å². The molecule has 1 aromatic heterocycles. The number of aromatic nitrogens is 2. The van der Waals surface area contributed by atoms with Gasteiger partial charge in [-0.15, -0.1) is 0 Å². The Morgan fingerprint density at radius 2 is 1.91 bits per heavy atom. The molecule has 0 aliphatic heterocycles. The molecule has 4 aromatic rings. The van der Waals surface area contributed by atoms with Crippen LogP contribution in [0, 0.1) is 11.3 Å². The van der Waals surface area contributed by atoms with Gasteiger partial charge in [-0.25, -0.2) is 4.98 Å². The third-order valence-corrected chi connectivity index (χ3v) is 5.76. The fourth-order valence-corrected chi connectivity index (χ4v) is 4.12. The van der Waals surface area contributed by atoms with Crippen LogP contribution >= 0.6 is 23.4 Å². The Hall–Kier alpha value is -3.60. The Kier molecular flexibility index (Phi) is 6.55. The largest absolute Gasteiger partial charge is 0.348 e. The molecule has 0 fully saturated rings. The third kappa shape index (κ3) is 4.67. The fourth-order valence-electron chi connectivity index (χ4n) is 3.24. The average molecular weight is 461 g/mol. The molecule has 32 heavy (non-hydrogen) atoms. The minimum atomic E-state index is -0.285. The molecule has 158 valence electrons. The summed E-state index contributed by atoms with van der Waals surface area (Å²) in [6.07, 6.45) is 0. The Morgan fingerprint density at radius 1 is 1.09 bits per heavy atom. The predicted molar refractivity (Wildman–Crippen MR) is 126 cm³/mol. The van der Waals surface area contributed by atoms with E-state index in [2.05, 4.69) is 16.4 Å². The molecule has 0 spiro atoms. The number of thioether (sulfide) groups is 1. The van der Waals surface area contributed by atoms with Gasteiger partial charge in [-0.2, -0.15) is 5.26 Å². The molecule has 0 radical (unpaired) electrons. The number of carbonyl (C=O) groups excluding carboxylic acids is 1. The van der Waals surface area contributed by atoms with E-state index in [1.54, 1.807) is 30.3 Å². The summed E-state index contributed by atoms with van der Waals surface area (Å²) in [7, 11) is 0. The van der Waals surface area contributed by atoms with E-state index >= 15 is 0 Å². The molecule has 1 heterocycles. The molecule has 0 unspecified atom stereocenters. The van der Waals surface area contributed by atoms with Crippen molar-refractivity contribution in [1.29, 1.82) is 5.26 Å². The number of hydrogen-bond donors (Lipinski definition) is 1. The zero-order valence-corrected chi connectivity index (χ0v) is 18.4. The van der Waals surface area contributed by atoms with Gasteiger partial charge in [0, 0.05) is 17.1 Å². The van der Waals surface area contributed by atoms with Crippen LogP contribution in [0.5, 0.6) is 0 Å². The van der Waals surface area contributed by atoms with Gasteiger partial charge in [0.1, 0.15) is 0 Å². The normalized spacial score (nSPS) is 10.6. The summed E-state index contributed by atoms with van der Waals surface area (Å²) in [5, 5.41) is 13.2. The molecular formula is C24H17ClN4O2S. The van der Waals surface area contributed by atoms with Crippen molar-refractivity contribution in [3.05, 3.63) is 99.3 Å². The summed E-state index contributed by atoms with van der Waals surface area (Å²) >= 11 is 7.16. The lowest BCUT2D eigenvalue weighted by Crippen LogP contribution is -2.24. The van der Waals surface area contributed by atoms with Gasteiger partial charge >= 0.3 is 0 Å². The number of halogens is 1. The first-order chi connectivity index (χ1) is 15.6. The molecule has 0 bridgehead atoms. The lowest BCUT2D eigenvalue weighted by Gasteiger charge is -2.13. The molecule has 0 aliphatic carbocycles. The van der Waals surface area contributed by atoms with Crippen molar-refractivity contribution in [1.82, 2.24) is 14.9 Å². The van der Waals surface area contributed by atoms with Gasteiger partial charge in [0.05, 0.1) is 28.4 Å².